The third-order valence-electron chi connectivity index (χ3n) is 4.71. The summed E-state index contributed by atoms with van der Waals surface area (Å²) in [5, 5.41) is 1.17. The van der Waals surface area contributed by atoms with E-state index >= 15 is 0 Å². The lowest BCUT2D eigenvalue weighted by molar-refractivity contribution is -0.168. The fourth-order valence-corrected chi connectivity index (χ4v) is 5.86. The minimum Gasteiger partial charge on any atom is -0.275 e. The minimum atomic E-state index is -3.64. The van der Waals surface area contributed by atoms with Crippen LogP contribution in [-0.4, -0.2) is 50.4 Å². The molecule has 8 heteroatoms. The van der Waals surface area contributed by atoms with Crippen molar-refractivity contribution >= 4 is 38.5 Å². The van der Waals surface area contributed by atoms with E-state index in [0.29, 0.717) is 17.9 Å². The molecule has 1 aliphatic carbocycles. The van der Waals surface area contributed by atoms with Gasteiger partial charge in [-0.25, -0.2) is 13.5 Å². The summed E-state index contributed by atoms with van der Waals surface area (Å²) in [6.07, 6.45) is 5.52. The normalized spacial score (nSPS) is 17.7. The van der Waals surface area contributed by atoms with Crippen molar-refractivity contribution in [1.82, 2.24) is 9.37 Å². The Morgan fingerprint density at radius 1 is 1.30 bits per heavy atom. The highest BCUT2D eigenvalue weighted by molar-refractivity contribution is 14.1. The van der Waals surface area contributed by atoms with E-state index in [1.165, 1.54) is 12.2 Å². The molecular weight excluding hydrogens is 479 g/mol. The standard InChI is InChI=1S/C19H27IN2O4S/c1-15-10-12-16(13-11-15)27(24,25)22(18-8-5-4-7-17(18)20)14-6-9-19(23)21(2)26-3/h7,10-13,18H,4-6,8-9,14H2,1-3H3. The Morgan fingerprint density at radius 3 is 2.56 bits per heavy atom. The Morgan fingerprint density at radius 2 is 1.96 bits per heavy atom. The second-order valence-corrected chi connectivity index (χ2v) is 9.78. The van der Waals surface area contributed by atoms with Crippen LogP contribution in [0.5, 0.6) is 0 Å². The van der Waals surface area contributed by atoms with E-state index in [2.05, 4.69) is 28.7 Å². The Labute approximate surface area is 175 Å². The van der Waals surface area contributed by atoms with Crippen LogP contribution in [0.25, 0.3) is 0 Å². The summed E-state index contributed by atoms with van der Waals surface area (Å²) in [6, 6.07) is 6.76. The highest BCUT2D eigenvalue weighted by atomic mass is 127. The van der Waals surface area contributed by atoms with Gasteiger partial charge >= 0.3 is 0 Å². The van der Waals surface area contributed by atoms with Crippen LogP contribution in [0.1, 0.15) is 37.7 Å². The van der Waals surface area contributed by atoms with Gasteiger partial charge in [0.1, 0.15) is 0 Å². The quantitative estimate of drug-likeness (QED) is 0.399. The average Bonchev–Trinajstić information content (AvgIpc) is 2.65. The lowest BCUT2D eigenvalue weighted by Crippen LogP contribution is -2.42. The van der Waals surface area contributed by atoms with E-state index in [-0.39, 0.29) is 18.4 Å². The summed E-state index contributed by atoms with van der Waals surface area (Å²) in [6.45, 7) is 2.23. The molecule has 0 bridgehead atoms. The molecule has 1 aromatic carbocycles. The predicted octanol–water partition coefficient (Wildman–Crippen LogP) is 3.66. The zero-order valence-electron chi connectivity index (χ0n) is 16.0. The highest BCUT2D eigenvalue weighted by Crippen LogP contribution is 2.32. The second kappa shape index (κ2) is 9.99. The molecule has 150 valence electrons. The molecule has 1 aliphatic rings. The van der Waals surface area contributed by atoms with Gasteiger partial charge in [0.2, 0.25) is 15.9 Å². The SMILES string of the molecule is CON(C)C(=O)CCCN(C1CCCC=C1I)S(=O)(=O)c1ccc(C)cc1. The van der Waals surface area contributed by atoms with Crippen LogP contribution in [-0.2, 0) is 19.7 Å². The molecule has 0 heterocycles. The van der Waals surface area contributed by atoms with E-state index in [4.69, 9.17) is 4.84 Å². The molecule has 0 fully saturated rings. The van der Waals surface area contributed by atoms with Crippen molar-refractivity contribution in [2.75, 3.05) is 20.7 Å². The van der Waals surface area contributed by atoms with Gasteiger partial charge in [-0.1, -0.05) is 23.8 Å². The number of sulfonamides is 1. The second-order valence-electron chi connectivity index (χ2n) is 6.64. The van der Waals surface area contributed by atoms with Gasteiger partial charge in [0.05, 0.1) is 18.0 Å². The van der Waals surface area contributed by atoms with Crippen molar-refractivity contribution in [3.8, 4) is 0 Å². The number of carbonyl (C=O) groups is 1. The molecule has 0 radical (unpaired) electrons. The minimum absolute atomic E-state index is 0.166. The Balaban J connectivity index is 2.24. The molecule has 0 saturated heterocycles. The molecule has 6 nitrogen and oxygen atoms in total. The molecule has 2 rings (SSSR count). The maximum absolute atomic E-state index is 13.3. The number of carbonyl (C=O) groups excluding carboxylic acids is 1. The zero-order chi connectivity index (χ0) is 20.0. The Hall–Kier alpha value is -0.970. The van der Waals surface area contributed by atoms with Crippen molar-refractivity contribution in [3.63, 3.8) is 0 Å². The maximum atomic E-state index is 13.3. The molecular formula is C19H27IN2O4S. The van der Waals surface area contributed by atoms with Crippen molar-refractivity contribution in [1.29, 1.82) is 0 Å². The summed E-state index contributed by atoms with van der Waals surface area (Å²) < 4.78 is 29.3. The van der Waals surface area contributed by atoms with Gasteiger partial charge in [-0.2, -0.15) is 4.31 Å². The number of hydrogen-bond donors (Lipinski definition) is 0. The van der Waals surface area contributed by atoms with Crippen molar-refractivity contribution in [2.24, 2.45) is 0 Å². The maximum Gasteiger partial charge on any atom is 0.245 e. The molecule has 1 atom stereocenters. The molecule has 0 N–H and O–H groups in total. The topological polar surface area (TPSA) is 66.9 Å². The smallest absolute Gasteiger partial charge is 0.245 e. The molecule has 1 amide bonds. The van der Waals surface area contributed by atoms with Crippen LogP contribution in [0.2, 0.25) is 0 Å². The van der Waals surface area contributed by atoms with Crippen LogP contribution < -0.4 is 0 Å². The van der Waals surface area contributed by atoms with E-state index < -0.39 is 10.0 Å². The molecule has 0 saturated carbocycles. The highest BCUT2D eigenvalue weighted by Gasteiger charge is 2.33. The summed E-state index contributed by atoms with van der Waals surface area (Å²) in [5.74, 6) is -0.168. The Bertz CT molecular complexity index is 777. The van der Waals surface area contributed by atoms with Gasteiger partial charge in [0, 0.05) is 23.6 Å². The largest absolute Gasteiger partial charge is 0.275 e. The third-order valence-corrected chi connectivity index (χ3v) is 7.79. The van der Waals surface area contributed by atoms with E-state index in [9.17, 15) is 13.2 Å². The molecule has 1 aromatic rings. The van der Waals surface area contributed by atoms with Crippen LogP contribution in [0, 0.1) is 6.92 Å². The molecule has 0 spiro atoms. The number of halogens is 1. The molecule has 1 unspecified atom stereocenters. The lowest BCUT2D eigenvalue weighted by atomic mass is 10.0. The van der Waals surface area contributed by atoms with Gasteiger partial charge in [0.25, 0.3) is 0 Å². The van der Waals surface area contributed by atoms with Crippen molar-refractivity contribution in [2.45, 2.75) is 50.0 Å². The van der Waals surface area contributed by atoms with Crippen molar-refractivity contribution in [3.05, 3.63) is 39.5 Å². The predicted molar refractivity (Wildman–Crippen MR) is 114 cm³/mol. The van der Waals surface area contributed by atoms with Gasteiger partial charge in [-0.3, -0.25) is 9.63 Å². The van der Waals surface area contributed by atoms with Gasteiger partial charge in [-0.15, -0.1) is 0 Å². The summed E-state index contributed by atoms with van der Waals surface area (Å²) in [5.41, 5.74) is 1.01. The number of rotatable bonds is 8. The third kappa shape index (κ3) is 5.75. The fourth-order valence-electron chi connectivity index (χ4n) is 3.04. The first-order chi connectivity index (χ1) is 12.8. The fraction of sp³-hybridized carbons (Fsp3) is 0.526. The molecule has 0 aliphatic heterocycles. The Kier molecular flexibility index (Phi) is 8.26. The van der Waals surface area contributed by atoms with Crippen LogP contribution in [0.3, 0.4) is 0 Å². The monoisotopic (exact) mass is 506 g/mol. The number of amides is 1. The van der Waals surface area contributed by atoms with E-state index in [0.717, 1.165) is 28.4 Å². The zero-order valence-corrected chi connectivity index (χ0v) is 19.0. The number of allylic oxidation sites excluding steroid dienone is 1. The number of benzene rings is 1. The number of hydrogen-bond acceptors (Lipinski definition) is 4. The summed E-state index contributed by atoms with van der Waals surface area (Å²) in [4.78, 5) is 17.2. The summed E-state index contributed by atoms with van der Waals surface area (Å²) in [7, 11) is -0.659. The van der Waals surface area contributed by atoms with E-state index in [1.54, 1.807) is 23.5 Å². The van der Waals surface area contributed by atoms with Gasteiger partial charge in [0.15, 0.2) is 0 Å². The number of hydroxylamine groups is 2. The first-order valence-corrected chi connectivity index (χ1v) is 11.5. The van der Waals surface area contributed by atoms with Crippen LogP contribution in [0.4, 0.5) is 0 Å². The molecule has 0 aromatic heterocycles. The summed E-state index contributed by atoms with van der Waals surface area (Å²) >= 11 is 2.24. The number of nitrogens with zero attached hydrogens (tertiary/aromatic N) is 2. The van der Waals surface area contributed by atoms with Crippen molar-refractivity contribution < 1.29 is 18.0 Å². The van der Waals surface area contributed by atoms with Gasteiger partial charge < -0.3 is 0 Å². The first-order valence-electron chi connectivity index (χ1n) is 9.02. The van der Waals surface area contributed by atoms with Crippen LogP contribution >= 0.6 is 22.6 Å². The van der Waals surface area contributed by atoms with Crippen LogP contribution in [0.15, 0.2) is 38.8 Å². The molecule has 27 heavy (non-hydrogen) atoms. The first kappa shape index (κ1) is 22.3. The lowest BCUT2D eigenvalue weighted by Gasteiger charge is -2.33. The number of aryl methyl sites for hydroxylation is 1. The van der Waals surface area contributed by atoms with E-state index in [1.807, 2.05) is 19.1 Å². The average molecular weight is 506 g/mol. The van der Waals surface area contributed by atoms with Gasteiger partial charge in [-0.05, 0) is 67.3 Å².